The third kappa shape index (κ3) is 3.41. The first-order chi connectivity index (χ1) is 15.5. The van der Waals surface area contributed by atoms with Crippen LogP contribution in [0, 0.1) is 0 Å². The highest BCUT2D eigenvalue weighted by atomic mass is 16.4. The van der Waals surface area contributed by atoms with Crippen molar-refractivity contribution in [1.82, 2.24) is 20.2 Å². The van der Waals surface area contributed by atoms with E-state index in [9.17, 15) is 9.59 Å². The van der Waals surface area contributed by atoms with Crippen LogP contribution in [0.3, 0.4) is 0 Å². The number of rotatable bonds is 5. The zero-order chi connectivity index (χ0) is 22.2. The van der Waals surface area contributed by atoms with E-state index in [-0.39, 0.29) is 23.7 Å². The summed E-state index contributed by atoms with van der Waals surface area (Å²) in [5, 5.41) is 10.7. The van der Waals surface area contributed by atoms with E-state index in [1.54, 1.807) is 29.3 Å². The van der Waals surface area contributed by atoms with Crippen LogP contribution in [0.4, 0.5) is 17.5 Å². The summed E-state index contributed by atoms with van der Waals surface area (Å²) < 4.78 is 5.35. The summed E-state index contributed by atoms with van der Waals surface area (Å²) >= 11 is 0. The van der Waals surface area contributed by atoms with E-state index in [0.717, 1.165) is 19.4 Å². The van der Waals surface area contributed by atoms with Crippen LogP contribution in [0.2, 0.25) is 0 Å². The molecule has 5 rings (SSSR count). The third-order valence-electron chi connectivity index (χ3n) is 5.66. The van der Waals surface area contributed by atoms with Gasteiger partial charge in [-0.2, -0.15) is 4.98 Å². The van der Waals surface area contributed by atoms with Crippen molar-refractivity contribution in [3.05, 3.63) is 41.9 Å². The lowest BCUT2D eigenvalue weighted by molar-refractivity contribution is 0.0965. The molecule has 1 aromatic carbocycles. The zero-order valence-corrected chi connectivity index (χ0v) is 17.5. The first kappa shape index (κ1) is 19.9. The normalized spacial score (nSPS) is 17.7. The molecule has 1 fully saturated rings. The molecule has 2 amide bonds. The van der Waals surface area contributed by atoms with Crippen LogP contribution in [0.25, 0.3) is 11.5 Å². The Labute approximate surface area is 183 Å². The number of hydrogen-bond donors (Lipinski definition) is 2. The second-order valence-corrected chi connectivity index (χ2v) is 7.69. The molecule has 32 heavy (non-hydrogen) atoms. The van der Waals surface area contributed by atoms with Crippen molar-refractivity contribution in [2.45, 2.75) is 25.8 Å². The molecule has 0 radical (unpaired) electrons. The second-order valence-electron chi connectivity index (χ2n) is 7.69. The van der Waals surface area contributed by atoms with Gasteiger partial charge in [-0.15, -0.1) is 10.2 Å². The van der Waals surface area contributed by atoms with E-state index in [2.05, 4.69) is 30.4 Å². The SMILES string of the molecule is CCNc1ncc2c(n1)N1CCCC1CN(c1cccc(-c3nnc(C(N)=O)o3)c1)C2=O. The van der Waals surface area contributed by atoms with Gasteiger partial charge in [0, 0.05) is 43.1 Å². The van der Waals surface area contributed by atoms with Crippen LogP contribution >= 0.6 is 0 Å². The molecule has 2 aromatic heterocycles. The Kier molecular flexibility index (Phi) is 4.92. The number of anilines is 3. The highest BCUT2D eigenvalue weighted by Crippen LogP contribution is 2.35. The van der Waals surface area contributed by atoms with Crippen LogP contribution in [-0.2, 0) is 0 Å². The number of hydrogen-bond acceptors (Lipinski definition) is 9. The average Bonchev–Trinajstić information content (AvgIpc) is 3.45. The summed E-state index contributed by atoms with van der Waals surface area (Å²) in [6, 6.07) is 7.36. The van der Waals surface area contributed by atoms with Gasteiger partial charge in [-0.25, -0.2) is 4.98 Å². The van der Waals surface area contributed by atoms with Crippen molar-refractivity contribution in [2.24, 2.45) is 5.73 Å². The molecular weight excluding hydrogens is 412 g/mol. The van der Waals surface area contributed by atoms with Crippen LogP contribution in [0.15, 0.2) is 34.9 Å². The maximum absolute atomic E-state index is 13.6. The molecule has 4 heterocycles. The number of benzene rings is 1. The van der Waals surface area contributed by atoms with Crippen molar-refractivity contribution in [2.75, 3.05) is 34.8 Å². The molecule has 11 nitrogen and oxygen atoms in total. The van der Waals surface area contributed by atoms with Crippen LogP contribution in [0.5, 0.6) is 0 Å². The second kappa shape index (κ2) is 7.91. The van der Waals surface area contributed by atoms with E-state index >= 15 is 0 Å². The number of carbonyl (C=O) groups excluding carboxylic acids is 2. The van der Waals surface area contributed by atoms with Gasteiger partial charge in [0.2, 0.25) is 11.8 Å². The first-order valence-corrected chi connectivity index (χ1v) is 10.5. The molecule has 1 atom stereocenters. The Morgan fingerprint density at radius 1 is 1.34 bits per heavy atom. The Bertz CT molecular complexity index is 1190. The Morgan fingerprint density at radius 3 is 3.00 bits per heavy atom. The number of nitrogens with one attached hydrogen (secondary N) is 1. The van der Waals surface area contributed by atoms with Gasteiger partial charge in [0.05, 0.1) is 0 Å². The Balaban J connectivity index is 1.54. The minimum atomic E-state index is -0.794. The highest BCUT2D eigenvalue weighted by Gasteiger charge is 2.37. The zero-order valence-electron chi connectivity index (χ0n) is 17.5. The van der Waals surface area contributed by atoms with Gasteiger partial charge in [0.15, 0.2) is 0 Å². The fourth-order valence-corrected chi connectivity index (χ4v) is 4.20. The van der Waals surface area contributed by atoms with Gasteiger partial charge in [-0.1, -0.05) is 6.07 Å². The van der Waals surface area contributed by atoms with Gasteiger partial charge in [-0.05, 0) is 38.0 Å². The predicted molar refractivity (Wildman–Crippen MR) is 116 cm³/mol. The topological polar surface area (TPSA) is 143 Å². The number of amides is 2. The van der Waals surface area contributed by atoms with E-state index in [1.807, 2.05) is 13.0 Å². The summed E-state index contributed by atoms with van der Waals surface area (Å²) in [5.74, 6) is 0.118. The highest BCUT2D eigenvalue weighted by molar-refractivity contribution is 6.10. The van der Waals surface area contributed by atoms with Crippen molar-refractivity contribution in [1.29, 1.82) is 0 Å². The number of nitrogens with two attached hydrogens (primary N) is 1. The molecular formula is C21H22N8O3. The largest absolute Gasteiger partial charge is 0.412 e. The molecule has 3 N–H and O–H groups in total. The Morgan fingerprint density at radius 2 is 2.22 bits per heavy atom. The standard InChI is InChI=1S/C21H22N8O3/c1-2-23-21-24-10-15-17(25-21)28-8-4-7-14(28)11-29(20(15)31)13-6-3-5-12(9-13)18-26-27-19(32-18)16(22)30/h3,5-6,9-10,14H,2,4,7-8,11H2,1H3,(H2,22,30)(H,23,24,25). The number of fused-ring (bicyclic) bond motifs is 3. The van der Waals surface area contributed by atoms with E-state index in [0.29, 0.717) is 41.7 Å². The van der Waals surface area contributed by atoms with Gasteiger partial charge >= 0.3 is 11.8 Å². The fourth-order valence-electron chi connectivity index (χ4n) is 4.20. The summed E-state index contributed by atoms with van der Waals surface area (Å²) in [7, 11) is 0. The molecule has 0 saturated carbocycles. The average molecular weight is 434 g/mol. The van der Waals surface area contributed by atoms with Gasteiger partial charge < -0.3 is 25.3 Å². The van der Waals surface area contributed by atoms with E-state index in [1.165, 1.54) is 0 Å². The summed E-state index contributed by atoms with van der Waals surface area (Å²) in [6.07, 6.45) is 3.59. The van der Waals surface area contributed by atoms with Crippen molar-refractivity contribution in [3.63, 3.8) is 0 Å². The van der Waals surface area contributed by atoms with Crippen LogP contribution in [-0.4, -0.2) is 57.7 Å². The minimum Gasteiger partial charge on any atom is -0.412 e. The van der Waals surface area contributed by atoms with E-state index < -0.39 is 5.91 Å². The quantitative estimate of drug-likeness (QED) is 0.613. The number of nitrogens with zero attached hydrogens (tertiary/aromatic N) is 6. The first-order valence-electron chi connectivity index (χ1n) is 10.5. The van der Waals surface area contributed by atoms with Gasteiger partial charge in [-0.3, -0.25) is 9.59 Å². The maximum atomic E-state index is 13.6. The Hall–Kier alpha value is -4.02. The minimum absolute atomic E-state index is 0.151. The fraction of sp³-hybridized carbons (Fsp3) is 0.333. The van der Waals surface area contributed by atoms with Crippen molar-refractivity contribution < 1.29 is 14.0 Å². The number of primary amides is 1. The third-order valence-corrected chi connectivity index (χ3v) is 5.66. The lowest BCUT2D eigenvalue weighted by atomic mass is 10.1. The molecule has 1 saturated heterocycles. The number of carbonyl (C=O) groups is 2. The van der Waals surface area contributed by atoms with Crippen molar-refractivity contribution >= 4 is 29.3 Å². The van der Waals surface area contributed by atoms with Crippen molar-refractivity contribution in [3.8, 4) is 11.5 Å². The van der Waals surface area contributed by atoms with Crippen LogP contribution in [0.1, 0.15) is 40.8 Å². The van der Waals surface area contributed by atoms with Gasteiger partial charge in [0.25, 0.3) is 5.91 Å². The maximum Gasteiger partial charge on any atom is 0.306 e. The molecule has 11 heteroatoms. The molecule has 3 aromatic rings. The lowest BCUT2D eigenvalue weighted by Crippen LogP contribution is -2.39. The number of aromatic nitrogens is 4. The summed E-state index contributed by atoms with van der Waals surface area (Å²) in [6.45, 7) is 4.04. The smallest absolute Gasteiger partial charge is 0.306 e. The lowest BCUT2D eigenvalue weighted by Gasteiger charge is -2.27. The van der Waals surface area contributed by atoms with Gasteiger partial charge in [0.1, 0.15) is 11.4 Å². The van der Waals surface area contributed by atoms with E-state index in [4.69, 9.17) is 10.2 Å². The molecule has 0 spiro atoms. The molecule has 2 aliphatic rings. The molecule has 1 unspecified atom stereocenters. The predicted octanol–water partition coefficient (Wildman–Crippen LogP) is 1.69. The molecule has 2 aliphatic heterocycles. The van der Waals surface area contributed by atoms with Crippen LogP contribution < -0.4 is 20.9 Å². The monoisotopic (exact) mass is 434 g/mol. The molecule has 164 valence electrons. The molecule has 0 aliphatic carbocycles. The molecule has 0 bridgehead atoms. The summed E-state index contributed by atoms with van der Waals surface area (Å²) in [5.41, 5.74) is 6.94. The summed E-state index contributed by atoms with van der Waals surface area (Å²) in [4.78, 5) is 37.8.